The molecule has 0 saturated carbocycles. The van der Waals surface area contributed by atoms with Gasteiger partial charge in [0.15, 0.2) is 0 Å². The molecule has 3 aliphatic heterocycles. The molecule has 0 unspecified atom stereocenters. The summed E-state index contributed by atoms with van der Waals surface area (Å²) in [6, 6.07) is 0. The Hall–Kier alpha value is 0.340. The summed E-state index contributed by atoms with van der Waals surface area (Å²) < 4.78 is 2.53. The van der Waals surface area contributed by atoms with E-state index in [0.717, 1.165) is 26.2 Å². The van der Waals surface area contributed by atoms with Crippen LogP contribution in [0.3, 0.4) is 0 Å². The molecule has 3 saturated heterocycles. The summed E-state index contributed by atoms with van der Waals surface area (Å²) in [6.07, 6.45) is -0.793. The van der Waals surface area contributed by atoms with Crippen LogP contribution in [0.2, 0.25) is 0 Å². The molecule has 2 spiro atoms. The van der Waals surface area contributed by atoms with Gasteiger partial charge in [-0.05, 0) is 0 Å². The maximum Gasteiger partial charge on any atom is 0.129 e. The van der Waals surface area contributed by atoms with E-state index in [4.69, 9.17) is 23.2 Å². The highest BCUT2D eigenvalue weighted by atomic mass is 35.5. The minimum Gasteiger partial charge on any atom is -0.391 e. The average molecular weight is 411 g/mol. The van der Waals surface area contributed by atoms with E-state index in [-0.39, 0.29) is 0 Å². The van der Waals surface area contributed by atoms with E-state index in [9.17, 15) is 10.2 Å². The van der Waals surface area contributed by atoms with Crippen molar-refractivity contribution in [2.75, 3.05) is 103 Å². The van der Waals surface area contributed by atoms with Gasteiger partial charge in [0, 0.05) is 51.0 Å². The van der Waals surface area contributed by atoms with Gasteiger partial charge in [0.2, 0.25) is 0 Å². The molecule has 0 aromatic heterocycles. The third-order valence-corrected chi connectivity index (χ3v) is 7.67. The van der Waals surface area contributed by atoms with Crippen molar-refractivity contribution in [1.82, 2.24) is 9.80 Å². The third-order valence-electron chi connectivity index (χ3n) is 6.95. The Bertz CT molecular complexity index is 389. The lowest BCUT2D eigenvalue weighted by atomic mass is 10.1. The summed E-state index contributed by atoms with van der Waals surface area (Å²) in [5.41, 5.74) is 0. The summed E-state index contributed by atoms with van der Waals surface area (Å²) in [6.45, 7) is 15.8. The number of aliphatic hydroxyl groups excluding tert-OH is 2. The fourth-order valence-corrected chi connectivity index (χ4v) is 5.08. The van der Waals surface area contributed by atoms with Gasteiger partial charge < -0.3 is 19.2 Å². The van der Waals surface area contributed by atoms with Crippen LogP contribution in [-0.2, 0) is 0 Å². The maximum atomic E-state index is 9.76. The van der Waals surface area contributed by atoms with Gasteiger partial charge in [-0.3, -0.25) is 9.80 Å². The third kappa shape index (κ3) is 5.23. The second-order valence-electron chi connectivity index (χ2n) is 8.69. The Morgan fingerprint density at radius 1 is 0.615 bits per heavy atom. The van der Waals surface area contributed by atoms with Crippen LogP contribution in [0.4, 0.5) is 0 Å². The Balaban J connectivity index is 1.42. The van der Waals surface area contributed by atoms with Crippen LogP contribution < -0.4 is 0 Å². The number of hydrogen-bond donors (Lipinski definition) is 2. The van der Waals surface area contributed by atoms with Gasteiger partial charge in [-0.1, -0.05) is 0 Å². The molecule has 26 heavy (non-hydrogen) atoms. The highest BCUT2D eigenvalue weighted by Crippen LogP contribution is 2.24. The molecular weight excluding hydrogens is 375 g/mol. The molecule has 0 radical (unpaired) electrons. The molecule has 2 N–H and O–H groups in total. The largest absolute Gasteiger partial charge is 0.391 e. The number of rotatable bonds is 6. The predicted molar refractivity (Wildman–Crippen MR) is 106 cm³/mol. The number of β-amino-alcohol motifs (C(OH)–C–C–N with tert-alkyl or cyclic N) is 2. The van der Waals surface area contributed by atoms with Crippen LogP contribution in [0, 0.1) is 0 Å². The molecule has 0 amide bonds. The quantitative estimate of drug-likeness (QED) is 0.456. The summed E-state index contributed by atoms with van der Waals surface area (Å²) in [5.74, 6) is 0.658. The van der Waals surface area contributed by atoms with Crippen molar-refractivity contribution < 1.29 is 19.2 Å². The van der Waals surface area contributed by atoms with E-state index in [2.05, 4.69) is 9.80 Å². The van der Waals surface area contributed by atoms with E-state index in [1.807, 2.05) is 0 Å². The Morgan fingerprint density at radius 3 is 1.19 bits per heavy atom. The highest BCUT2D eigenvalue weighted by molar-refractivity contribution is 6.18. The monoisotopic (exact) mass is 410 g/mol. The first-order valence-corrected chi connectivity index (χ1v) is 11.2. The number of nitrogens with zero attached hydrogens (tertiary/aromatic N) is 4. The zero-order valence-electron chi connectivity index (χ0n) is 15.9. The van der Waals surface area contributed by atoms with Crippen LogP contribution in [0.1, 0.15) is 0 Å². The minimum absolute atomic E-state index is 0.329. The molecule has 0 aliphatic carbocycles. The lowest BCUT2D eigenvalue weighted by Crippen LogP contribution is -2.73. The van der Waals surface area contributed by atoms with Gasteiger partial charge in [0.05, 0.1) is 38.4 Å². The van der Waals surface area contributed by atoms with Crippen molar-refractivity contribution in [1.29, 1.82) is 0 Å². The smallest absolute Gasteiger partial charge is 0.129 e. The second-order valence-corrected chi connectivity index (χ2v) is 9.31. The van der Waals surface area contributed by atoms with Crippen molar-refractivity contribution in [2.24, 2.45) is 0 Å². The first-order valence-electron chi connectivity index (χ1n) is 10.1. The normalized spacial score (nSPS) is 29.1. The number of quaternary nitrogens is 2. The van der Waals surface area contributed by atoms with Crippen LogP contribution >= 0.6 is 23.2 Å². The van der Waals surface area contributed by atoms with Gasteiger partial charge in [0.25, 0.3) is 0 Å². The molecule has 0 aromatic carbocycles. The molecule has 3 fully saturated rings. The predicted octanol–water partition coefficient (Wildman–Crippen LogP) is -0.536. The molecule has 0 bridgehead atoms. The number of alkyl halides is 2. The Kier molecular flexibility index (Phi) is 7.47. The molecular formula is C18H36Cl2N4O2+2. The lowest BCUT2D eigenvalue weighted by Gasteiger charge is -2.54. The molecule has 3 heterocycles. The van der Waals surface area contributed by atoms with Gasteiger partial charge in [0.1, 0.15) is 26.2 Å². The van der Waals surface area contributed by atoms with Gasteiger partial charge >= 0.3 is 0 Å². The van der Waals surface area contributed by atoms with Gasteiger partial charge in [-0.2, -0.15) is 0 Å². The van der Waals surface area contributed by atoms with Crippen LogP contribution in [0.15, 0.2) is 0 Å². The topological polar surface area (TPSA) is 46.9 Å². The van der Waals surface area contributed by atoms with Gasteiger partial charge in [-0.15, -0.1) is 23.2 Å². The Morgan fingerprint density at radius 2 is 0.923 bits per heavy atom. The molecule has 3 rings (SSSR count). The first kappa shape index (κ1) is 21.1. The van der Waals surface area contributed by atoms with Crippen LogP contribution in [0.5, 0.6) is 0 Å². The van der Waals surface area contributed by atoms with E-state index in [1.54, 1.807) is 0 Å². The average Bonchev–Trinajstić information content (AvgIpc) is 2.68. The van der Waals surface area contributed by atoms with Crippen molar-refractivity contribution in [3.63, 3.8) is 0 Å². The summed E-state index contributed by atoms with van der Waals surface area (Å²) in [5, 5.41) is 19.5. The van der Waals surface area contributed by atoms with Crippen molar-refractivity contribution in [2.45, 2.75) is 12.2 Å². The Labute approximate surface area is 168 Å². The molecule has 152 valence electrons. The summed E-state index contributed by atoms with van der Waals surface area (Å²) >= 11 is 11.5. The molecule has 3 aliphatic rings. The van der Waals surface area contributed by atoms with Crippen molar-refractivity contribution >= 4 is 23.2 Å². The first-order chi connectivity index (χ1) is 12.5. The van der Waals surface area contributed by atoms with Crippen LogP contribution in [-0.4, -0.2) is 145 Å². The van der Waals surface area contributed by atoms with Crippen LogP contribution in [0.25, 0.3) is 0 Å². The molecule has 0 aromatic rings. The maximum absolute atomic E-state index is 9.76. The van der Waals surface area contributed by atoms with Crippen molar-refractivity contribution in [3.8, 4) is 0 Å². The lowest BCUT2D eigenvalue weighted by molar-refractivity contribution is -1.03. The highest BCUT2D eigenvalue weighted by Gasteiger charge is 2.45. The zero-order chi connectivity index (χ0) is 18.6. The van der Waals surface area contributed by atoms with E-state index >= 15 is 0 Å². The summed E-state index contributed by atoms with van der Waals surface area (Å²) in [7, 11) is 0. The van der Waals surface area contributed by atoms with E-state index < -0.39 is 12.2 Å². The standard InChI is InChI=1S/C18H36Cl2N4O2/c19-13-17(25)15-21-1-5-23(6-2-21)9-11-24(12-10-23)7-3-22(4-8-24)16-18(26)14-20/h17-18,25-26H,1-16H2/q+2/t17-,18-/m0/s1. The van der Waals surface area contributed by atoms with E-state index in [0.29, 0.717) is 24.8 Å². The second kappa shape index (κ2) is 9.23. The number of aliphatic hydroxyl groups is 2. The minimum atomic E-state index is -0.396. The number of piperazine rings is 3. The molecule has 6 nitrogen and oxygen atoms in total. The van der Waals surface area contributed by atoms with Crippen molar-refractivity contribution in [3.05, 3.63) is 0 Å². The fourth-order valence-electron chi connectivity index (χ4n) is 4.89. The number of hydrogen-bond acceptors (Lipinski definition) is 4. The molecule has 8 heteroatoms. The van der Waals surface area contributed by atoms with E-state index in [1.165, 1.54) is 61.3 Å². The number of halogens is 2. The summed E-state index contributed by atoms with van der Waals surface area (Å²) in [4.78, 5) is 4.74. The van der Waals surface area contributed by atoms with Gasteiger partial charge in [-0.25, -0.2) is 0 Å². The SMILES string of the molecule is O[C@@H](CCl)CN1CC[N+]2(CC1)CC[N+]1(CCN(C[C@@H](O)CCl)CC1)CC2. The molecule has 2 atom stereocenters. The fraction of sp³-hybridized carbons (Fsp3) is 1.00. The zero-order valence-corrected chi connectivity index (χ0v) is 17.4.